The number of ketones is 1. The molecule has 2 heterocycles. The van der Waals surface area contributed by atoms with Crippen molar-refractivity contribution in [3.8, 4) is 5.75 Å². The average Bonchev–Trinajstić information content (AvgIpc) is 3.44. The lowest BCUT2D eigenvalue weighted by molar-refractivity contribution is -0.688. The number of imidazole rings is 1. The van der Waals surface area contributed by atoms with Gasteiger partial charge in [-0.15, -0.1) is 0 Å². The first-order valence-corrected chi connectivity index (χ1v) is 10.9. The van der Waals surface area contributed by atoms with Crippen molar-refractivity contribution >= 4 is 16.8 Å². The van der Waals surface area contributed by atoms with Gasteiger partial charge in [-0.25, -0.2) is 9.13 Å². The third-order valence-corrected chi connectivity index (χ3v) is 6.03. The second-order valence-corrected chi connectivity index (χ2v) is 8.03. The number of Topliss-reactive ketones (excluding diaryl/α,β-unsaturated/α-hetero) is 1. The molecule has 5 rings (SSSR count). The maximum Gasteiger partial charge on any atom is 0.254 e. The van der Waals surface area contributed by atoms with E-state index in [0.29, 0.717) is 5.56 Å². The van der Waals surface area contributed by atoms with Crippen molar-refractivity contribution in [1.82, 2.24) is 4.57 Å². The Morgan fingerprint density at radius 3 is 2.41 bits per heavy atom. The van der Waals surface area contributed by atoms with E-state index in [1.807, 2.05) is 72.4 Å². The van der Waals surface area contributed by atoms with Gasteiger partial charge in [-0.1, -0.05) is 48.5 Å². The number of furan rings is 1. The fourth-order valence-corrected chi connectivity index (χ4v) is 4.21. The van der Waals surface area contributed by atoms with Gasteiger partial charge in [0.1, 0.15) is 23.7 Å². The Hall–Kier alpha value is -3.64. The first-order chi connectivity index (χ1) is 16.1. The van der Waals surface area contributed by atoms with Gasteiger partial charge in [0.2, 0.25) is 5.78 Å². The molecule has 0 bridgehead atoms. The number of rotatable bonds is 7. The quantitative estimate of drug-likeness (QED) is 0.246. The van der Waals surface area contributed by atoms with Crippen LogP contribution in [0.2, 0.25) is 0 Å². The van der Waals surface area contributed by atoms with Crippen molar-refractivity contribution in [3.05, 3.63) is 120 Å². The van der Waals surface area contributed by atoms with Crippen molar-refractivity contribution in [1.29, 1.82) is 0 Å². The molecule has 5 nitrogen and oxygen atoms in total. The molecule has 0 saturated carbocycles. The lowest BCUT2D eigenvalue weighted by atomic mass is 10.0. The van der Waals surface area contributed by atoms with E-state index in [0.717, 1.165) is 33.9 Å². The molecule has 0 spiro atoms. The molecule has 2 aromatic heterocycles. The van der Waals surface area contributed by atoms with Gasteiger partial charge in [0.05, 0.1) is 7.11 Å². The first kappa shape index (κ1) is 23.5. The van der Waals surface area contributed by atoms with Gasteiger partial charge in [0.15, 0.2) is 18.3 Å². The summed E-state index contributed by atoms with van der Waals surface area (Å²) in [5.74, 6) is 2.60. The highest BCUT2D eigenvalue weighted by Gasteiger charge is 2.29. The first-order valence-electron chi connectivity index (χ1n) is 10.9. The summed E-state index contributed by atoms with van der Waals surface area (Å²) >= 11 is 0. The van der Waals surface area contributed by atoms with Crippen LogP contribution in [0.1, 0.15) is 33.5 Å². The Labute approximate surface area is 209 Å². The zero-order chi connectivity index (χ0) is 22.8. The zero-order valence-electron chi connectivity index (χ0n) is 19.0. The topological polar surface area (TPSA) is 48.2 Å². The van der Waals surface area contributed by atoms with E-state index >= 15 is 0 Å². The second-order valence-electron chi connectivity index (χ2n) is 8.03. The number of para-hydroxylation sites is 1. The number of nitrogens with zero attached hydrogens (tertiary/aromatic N) is 2. The number of carbonyl (C=O) groups excluding carboxylic acids is 1. The molecule has 1 unspecified atom stereocenters. The van der Waals surface area contributed by atoms with Gasteiger partial charge in [-0.2, -0.15) is 0 Å². The molecular weight excluding hydrogens is 492 g/mol. The number of aromatic nitrogens is 2. The van der Waals surface area contributed by atoms with Crippen LogP contribution in [0.5, 0.6) is 5.75 Å². The number of hydrogen-bond acceptors (Lipinski definition) is 3. The maximum absolute atomic E-state index is 12.9. The maximum atomic E-state index is 12.9. The highest BCUT2D eigenvalue weighted by Crippen LogP contribution is 2.32. The molecule has 0 fully saturated rings. The average molecular weight is 517 g/mol. The Kier molecular flexibility index (Phi) is 6.98. The number of methoxy groups -OCH3 is 1. The summed E-state index contributed by atoms with van der Waals surface area (Å²) in [4.78, 5) is 12.9. The van der Waals surface area contributed by atoms with Gasteiger partial charge in [0, 0.05) is 23.4 Å². The number of carbonyl (C=O) groups is 1. The summed E-state index contributed by atoms with van der Waals surface area (Å²) in [6.07, 6.45) is 3.97. The van der Waals surface area contributed by atoms with Crippen LogP contribution < -0.4 is 26.3 Å². The minimum Gasteiger partial charge on any atom is -1.00 e. The Morgan fingerprint density at radius 2 is 1.71 bits per heavy atom. The molecule has 0 amide bonds. The van der Waals surface area contributed by atoms with E-state index in [4.69, 9.17) is 9.15 Å². The van der Waals surface area contributed by atoms with Crippen molar-refractivity contribution < 1.29 is 35.5 Å². The summed E-state index contributed by atoms with van der Waals surface area (Å²) in [7, 11) is 1.62. The third-order valence-electron chi connectivity index (χ3n) is 6.03. The SMILES string of the molecule is COc1ccc(C(=O)C[n+]2ccn(C(c3ccccc3)c3cc4ccccc4o3)c2C)cc1.[Br-]. The summed E-state index contributed by atoms with van der Waals surface area (Å²) < 4.78 is 15.6. The number of fused-ring (bicyclic) bond motifs is 1. The summed E-state index contributed by atoms with van der Waals surface area (Å²) in [6, 6.07) is 27.5. The molecule has 5 aromatic rings. The Bertz CT molecular complexity index is 1370. The third kappa shape index (κ3) is 4.54. The fraction of sp³-hybridized carbons (Fsp3) is 0.143. The van der Waals surface area contributed by atoms with E-state index in [1.54, 1.807) is 19.2 Å². The Balaban J connectivity index is 0.00000274. The molecule has 34 heavy (non-hydrogen) atoms. The minimum atomic E-state index is -0.143. The van der Waals surface area contributed by atoms with Crippen LogP contribution in [0.15, 0.2) is 102 Å². The largest absolute Gasteiger partial charge is 1.00 e. The van der Waals surface area contributed by atoms with Crippen LogP contribution in [-0.4, -0.2) is 17.5 Å². The number of benzene rings is 3. The molecule has 0 aliphatic heterocycles. The summed E-state index contributed by atoms with van der Waals surface area (Å²) in [5, 5.41) is 1.07. The highest BCUT2D eigenvalue weighted by atomic mass is 79.9. The van der Waals surface area contributed by atoms with E-state index < -0.39 is 0 Å². The van der Waals surface area contributed by atoms with Gasteiger partial charge >= 0.3 is 0 Å². The number of hydrogen-bond donors (Lipinski definition) is 0. The van der Waals surface area contributed by atoms with Crippen LogP contribution in [0.4, 0.5) is 0 Å². The lowest BCUT2D eigenvalue weighted by Gasteiger charge is -2.13. The van der Waals surface area contributed by atoms with Crippen LogP contribution in [-0.2, 0) is 6.54 Å². The molecule has 3 aromatic carbocycles. The fourth-order valence-electron chi connectivity index (χ4n) is 4.21. The molecule has 6 heteroatoms. The van der Waals surface area contributed by atoms with Crippen LogP contribution in [0.25, 0.3) is 11.0 Å². The van der Waals surface area contributed by atoms with E-state index in [9.17, 15) is 4.79 Å². The van der Waals surface area contributed by atoms with Crippen LogP contribution in [0.3, 0.4) is 0 Å². The predicted molar refractivity (Wildman–Crippen MR) is 127 cm³/mol. The smallest absolute Gasteiger partial charge is 0.254 e. The molecule has 0 aliphatic rings. The van der Waals surface area contributed by atoms with E-state index in [1.165, 1.54) is 0 Å². The zero-order valence-corrected chi connectivity index (χ0v) is 20.6. The molecule has 1 atom stereocenters. The standard InChI is InChI=1S/C28H25N2O3.BrH/c1-20-29(19-25(31)21-12-14-24(32-2)15-13-21)16-17-30(20)28(22-8-4-3-5-9-22)27-18-23-10-6-7-11-26(23)33-27;/h3-18,28H,19H2,1-2H3;1H/q+1;/p-1. The molecular formula is C28H25BrN2O3. The molecule has 0 saturated heterocycles. The van der Waals surface area contributed by atoms with E-state index in [2.05, 4.69) is 28.8 Å². The molecule has 0 radical (unpaired) electrons. The predicted octanol–water partition coefficient (Wildman–Crippen LogP) is 2.36. The lowest BCUT2D eigenvalue weighted by Crippen LogP contribution is -3.00. The summed E-state index contributed by atoms with van der Waals surface area (Å²) in [6.45, 7) is 2.28. The molecule has 0 aliphatic carbocycles. The monoisotopic (exact) mass is 516 g/mol. The van der Waals surface area contributed by atoms with Crippen LogP contribution in [0, 0.1) is 6.92 Å². The summed E-state index contributed by atoms with van der Waals surface area (Å²) in [5.41, 5.74) is 2.64. The van der Waals surface area contributed by atoms with Crippen molar-refractivity contribution in [2.45, 2.75) is 19.5 Å². The molecule has 0 N–H and O–H groups in total. The van der Waals surface area contributed by atoms with Gasteiger partial charge in [0.25, 0.3) is 5.82 Å². The van der Waals surface area contributed by atoms with Gasteiger partial charge in [-0.3, -0.25) is 4.79 Å². The van der Waals surface area contributed by atoms with Crippen molar-refractivity contribution in [3.63, 3.8) is 0 Å². The van der Waals surface area contributed by atoms with Gasteiger partial charge in [-0.05, 0) is 36.4 Å². The van der Waals surface area contributed by atoms with E-state index in [-0.39, 0.29) is 35.4 Å². The van der Waals surface area contributed by atoms with Crippen LogP contribution >= 0.6 is 0 Å². The highest BCUT2D eigenvalue weighted by molar-refractivity contribution is 5.95. The number of ether oxygens (including phenoxy) is 1. The second kappa shape index (κ2) is 10.1. The van der Waals surface area contributed by atoms with Crippen molar-refractivity contribution in [2.75, 3.05) is 7.11 Å². The minimum absolute atomic E-state index is 0. The van der Waals surface area contributed by atoms with Gasteiger partial charge < -0.3 is 26.1 Å². The molecule has 172 valence electrons. The number of halogens is 1. The van der Waals surface area contributed by atoms with Crippen molar-refractivity contribution in [2.24, 2.45) is 0 Å². The Morgan fingerprint density at radius 1 is 1.00 bits per heavy atom. The normalized spacial score (nSPS) is 11.7.